The van der Waals surface area contributed by atoms with E-state index in [9.17, 15) is 9.59 Å². The van der Waals surface area contributed by atoms with Gasteiger partial charge in [-0.05, 0) is 11.1 Å². The third kappa shape index (κ3) is 8.32. The Bertz CT molecular complexity index is 1230. The molecule has 0 aromatic heterocycles. The summed E-state index contributed by atoms with van der Waals surface area (Å²) in [7, 11) is 0. The fourth-order valence-corrected chi connectivity index (χ4v) is 3.89. The van der Waals surface area contributed by atoms with Crippen molar-refractivity contribution in [3.05, 3.63) is 144 Å². The summed E-state index contributed by atoms with van der Waals surface area (Å²) >= 11 is 0. The maximum atomic E-state index is 12.9. The Morgan fingerprint density at radius 3 is 1.00 bits per heavy atom. The first-order valence-corrected chi connectivity index (χ1v) is 12.0. The van der Waals surface area contributed by atoms with Gasteiger partial charge in [-0.15, -0.1) is 0 Å². The second-order valence-electron chi connectivity index (χ2n) is 8.32. The predicted molar refractivity (Wildman–Crippen MR) is 146 cm³/mol. The number of Topliss-reactive ketones (excluding diaryl/α,β-unsaturated/α-hetero) is 2. The van der Waals surface area contributed by atoms with E-state index in [1.807, 2.05) is 121 Å². The van der Waals surface area contributed by atoms with Gasteiger partial charge in [-0.3, -0.25) is 19.6 Å². The molecule has 0 aliphatic carbocycles. The third-order valence-electron chi connectivity index (χ3n) is 5.77. The Kier molecular flexibility index (Phi) is 10.9. The van der Waals surface area contributed by atoms with Gasteiger partial charge in [0, 0.05) is 39.6 Å². The molecule has 0 N–H and O–H groups in total. The van der Waals surface area contributed by atoms with Crippen molar-refractivity contribution in [3.63, 3.8) is 0 Å². The van der Waals surface area contributed by atoms with Crippen LogP contribution in [0, 0.1) is 0 Å². The molecule has 0 heterocycles. The number of carbonyl (C=O) groups excluding carboxylic acids is 2. The summed E-state index contributed by atoms with van der Waals surface area (Å²) in [6.45, 7) is 0.838. The van der Waals surface area contributed by atoms with Crippen LogP contribution >= 0.6 is 0 Å². The molecule has 189 valence electrons. The normalized spacial score (nSPS) is 11.5. The van der Waals surface area contributed by atoms with Gasteiger partial charge < -0.3 is 0 Å². The van der Waals surface area contributed by atoms with Crippen LogP contribution in [0.25, 0.3) is 0 Å². The molecule has 4 nitrogen and oxygen atoms in total. The van der Waals surface area contributed by atoms with E-state index in [0.29, 0.717) is 24.2 Å². The van der Waals surface area contributed by atoms with Crippen LogP contribution in [0.5, 0.6) is 0 Å². The van der Waals surface area contributed by atoms with Crippen LogP contribution < -0.4 is 0 Å². The van der Waals surface area contributed by atoms with Crippen LogP contribution in [0.1, 0.15) is 44.7 Å². The Labute approximate surface area is 228 Å². The molecule has 0 spiro atoms. The number of benzene rings is 4. The van der Waals surface area contributed by atoms with Gasteiger partial charge in [0.1, 0.15) is 0 Å². The standard InChI is InChI=1S/C32H28N2O2.Cu/c35-31(27-17-9-3-10-18-27)23-29(25-13-5-1-6-14-25)33-21-22-34-30(26-15-7-2-8-16-26)24-32(36)28-19-11-4-12-20-28;/h1-20H,21-24H2;. The summed E-state index contributed by atoms with van der Waals surface area (Å²) in [5.74, 6) is 0.0558. The van der Waals surface area contributed by atoms with Crippen molar-refractivity contribution in [1.29, 1.82) is 0 Å². The van der Waals surface area contributed by atoms with E-state index in [1.165, 1.54) is 0 Å². The minimum Gasteiger partial charge on any atom is -0.294 e. The van der Waals surface area contributed by atoms with E-state index < -0.39 is 0 Å². The molecule has 4 aromatic rings. The summed E-state index contributed by atoms with van der Waals surface area (Å²) < 4.78 is 0. The first kappa shape index (κ1) is 27.7. The number of hydrogen-bond donors (Lipinski definition) is 0. The average Bonchev–Trinajstić information content (AvgIpc) is 2.95. The average molecular weight is 536 g/mol. The van der Waals surface area contributed by atoms with Crippen molar-refractivity contribution >= 4 is 23.0 Å². The molecule has 0 fully saturated rings. The molecule has 0 saturated heterocycles. The van der Waals surface area contributed by atoms with Gasteiger partial charge in [0.25, 0.3) is 0 Å². The monoisotopic (exact) mass is 535 g/mol. The second-order valence-corrected chi connectivity index (χ2v) is 8.32. The van der Waals surface area contributed by atoms with Crippen molar-refractivity contribution in [2.45, 2.75) is 12.8 Å². The number of aliphatic imine (C=N–C) groups is 2. The molecule has 0 unspecified atom stereocenters. The third-order valence-corrected chi connectivity index (χ3v) is 5.77. The summed E-state index contributed by atoms with van der Waals surface area (Å²) in [5.41, 5.74) is 4.67. The van der Waals surface area contributed by atoms with E-state index in [0.717, 1.165) is 22.6 Å². The number of nitrogens with zero attached hydrogens (tertiary/aromatic N) is 2. The van der Waals surface area contributed by atoms with Gasteiger partial charge in [-0.1, -0.05) is 121 Å². The van der Waals surface area contributed by atoms with Gasteiger partial charge in [-0.25, -0.2) is 0 Å². The quantitative estimate of drug-likeness (QED) is 0.0951. The second kappa shape index (κ2) is 14.6. The number of carbonyl (C=O) groups is 2. The number of rotatable bonds is 11. The van der Waals surface area contributed by atoms with Crippen LogP contribution in [-0.4, -0.2) is 36.1 Å². The van der Waals surface area contributed by atoms with Crippen molar-refractivity contribution in [2.75, 3.05) is 13.1 Å². The van der Waals surface area contributed by atoms with Gasteiger partial charge in [0.15, 0.2) is 11.6 Å². The van der Waals surface area contributed by atoms with Gasteiger partial charge in [0.2, 0.25) is 0 Å². The molecule has 0 aliphatic heterocycles. The van der Waals surface area contributed by atoms with Crippen LogP contribution in [0.4, 0.5) is 0 Å². The Morgan fingerprint density at radius 1 is 0.432 bits per heavy atom. The predicted octanol–water partition coefficient (Wildman–Crippen LogP) is 6.51. The van der Waals surface area contributed by atoms with Crippen LogP contribution in [-0.2, 0) is 17.1 Å². The number of hydrogen-bond acceptors (Lipinski definition) is 4. The molecule has 0 saturated carbocycles. The van der Waals surface area contributed by atoms with Crippen molar-refractivity contribution < 1.29 is 26.7 Å². The van der Waals surface area contributed by atoms with E-state index in [4.69, 9.17) is 9.98 Å². The smallest absolute Gasteiger partial charge is 0.168 e. The molecule has 5 heteroatoms. The molecule has 0 amide bonds. The molecule has 4 aromatic carbocycles. The SMILES string of the molecule is O=C(CC(=NCCN=C(CC(=O)c1ccccc1)c1ccccc1)c1ccccc1)c1ccccc1.[Cu]. The van der Waals surface area contributed by atoms with E-state index >= 15 is 0 Å². The topological polar surface area (TPSA) is 58.9 Å². The number of ketones is 2. The van der Waals surface area contributed by atoms with Crippen molar-refractivity contribution in [3.8, 4) is 0 Å². The maximum absolute atomic E-state index is 12.9. The van der Waals surface area contributed by atoms with Crippen LogP contribution in [0.2, 0.25) is 0 Å². The van der Waals surface area contributed by atoms with Crippen LogP contribution in [0.15, 0.2) is 131 Å². The largest absolute Gasteiger partial charge is 0.294 e. The van der Waals surface area contributed by atoms with Crippen molar-refractivity contribution in [2.24, 2.45) is 9.98 Å². The van der Waals surface area contributed by atoms with E-state index in [-0.39, 0.29) is 41.5 Å². The Balaban J connectivity index is 0.00000380. The van der Waals surface area contributed by atoms with Crippen molar-refractivity contribution in [1.82, 2.24) is 0 Å². The summed E-state index contributed by atoms with van der Waals surface area (Å²) in [6, 6.07) is 38.1. The zero-order valence-corrected chi connectivity index (χ0v) is 21.3. The molecule has 1 radical (unpaired) electrons. The molecule has 37 heavy (non-hydrogen) atoms. The minimum atomic E-state index is 0. The zero-order chi connectivity index (χ0) is 25.0. The first-order valence-electron chi connectivity index (χ1n) is 12.0. The zero-order valence-electron chi connectivity index (χ0n) is 20.4. The maximum Gasteiger partial charge on any atom is 0.168 e. The van der Waals surface area contributed by atoms with E-state index in [1.54, 1.807) is 0 Å². The molecular formula is C32H28CuN2O2. The van der Waals surface area contributed by atoms with Gasteiger partial charge in [0.05, 0.1) is 25.9 Å². The summed E-state index contributed by atoms with van der Waals surface area (Å²) in [5, 5.41) is 0. The summed E-state index contributed by atoms with van der Waals surface area (Å²) in [4.78, 5) is 35.3. The van der Waals surface area contributed by atoms with Crippen LogP contribution in [0.3, 0.4) is 0 Å². The van der Waals surface area contributed by atoms with Gasteiger partial charge in [-0.2, -0.15) is 0 Å². The van der Waals surface area contributed by atoms with E-state index in [2.05, 4.69) is 0 Å². The Hall–Kier alpha value is -3.92. The summed E-state index contributed by atoms with van der Waals surface area (Å²) in [6.07, 6.45) is 0.436. The molecule has 0 atom stereocenters. The minimum absolute atomic E-state index is 0. The molecule has 0 aliphatic rings. The molecule has 4 rings (SSSR count). The first-order chi connectivity index (χ1) is 17.7. The molecule has 0 bridgehead atoms. The van der Waals surface area contributed by atoms with Gasteiger partial charge >= 0.3 is 0 Å². The Morgan fingerprint density at radius 2 is 0.703 bits per heavy atom. The molecular weight excluding hydrogens is 508 g/mol. The fourth-order valence-electron chi connectivity index (χ4n) is 3.89. The fraction of sp³-hybridized carbons (Fsp3) is 0.125.